The van der Waals surface area contributed by atoms with Gasteiger partial charge in [-0.05, 0) is 29.3 Å². The lowest BCUT2D eigenvalue weighted by Gasteiger charge is -2.30. The average molecular weight is 411 g/mol. The van der Waals surface area contributed by atoms with E-state index in [1.807, 2.05) is 54.7 Å². The molecule has 0 aliphatic carbocycles. The molecular weight excluding hydrogens is 388 g/mol. The van der Waals surface area contributed by atoms with Crippen LogP contribution in [0.2, 0.25) is 5.02 Å². The van der Waals surface area contributed by atoms with E-state index in [-0.39, 0.29) is 5.43 Å². The number of hydrogen-bond donors (Lipinski definition) is 0. The molecule has 0 unspecified atom stereocenters. The number of rotatable bonds is 6. The van der Waals surface area contributed by atoms with E-state index in [1.165, 1.54) is 0 Å². The fourth-order valence-electron chi connectivity index (χ4n) is 3.49. The van der Waals surface area contributed by atoms with Crippen LogP contribution < -0.4 is 14.9 Å². The highest BCUT2D eigenvalue weighted by Crippen LogP contribution is 2.21. The Balaban J connectivity index is 1.43. The third-order valence-corrected chi connectivity index (χ3v) is 5.50. The molecule has 0 bridgehead atoms. The lowest BCUT2D eigenvalue weighted by molar-refractivity contribution is 0.208. The van der Waals surface area contributed by atoms with Gasteiger partial charge in [0.15, 0.2) is 5.75 Å². The highest BCUT2D eigenvalue weighted by Gasteiger charge is 2.18. The largest absolute Gasteiger partial charge is 0.497 e. The summed E-state index contributed by atoms with van der Waals surface area (Å²) < 4.78 is 13.1. The maximum atomic E-state index is 12.5. The van der Waals surface area contributed by atoms with Gasteiger partial charge in [0.2, 0.25) is 5.43 Å². The smallest absolute Gasteiger partial charge is 0.223 e. The second kappa shape index (κ2) is 8.72. The Morgan fingerprint density at radius 2 is 1.86 bits per heavy atom. The lowest BCUT2D eigenvalue weighted by atomic mass is 10.1. The first kappa shape index (κ1) is 19.6. The number of nitrogens with zero attached hydrogens (tertiary/aromatic N) is 2. The molecule has 4 rings (SSSR count). The molecule has 0 atom stereocenters. The van der Waals surface area contributed by atoms with Gasteiger partial charge in [-0.1, -0.05) is 41.9 Å². The van der Waals surface area contributed by atoms with Crippen LogP contribution in [0.3, 0.4) is 0 Å². The molecule has 0 saturated carbocycles. The molecule has 1 aliphatic rings. The number of hydrogen-bond acceptors (Lipinski definition) is 4. The maximum Gasteiger partial charge on any atom is 0.223 e. The van der Waals surface area contributed by atoms with Crippen LogP contribution in [0.15, 0.2) is 65.6 Å². The Kier molecular flexibility index (Phi) is 5.88. The fourth-order valence-corrected chi connectivity index (χ4v) is 3.68. The molecule has 0 spiro atoms. The number of fused-ring (bicyclic) bond motifs is 1. The van der Waals surface area contributed by atoms with Crippen LogP contribution in [-0.4, -0.2) is 23.1 Å². The minimum absolute atomic E-state index is 0.0932. The van der Waals surface area contributed by atoms with Crippen LogP contribution >= 0.6 is 11.6 Å². The average Bonchev–Trinajstić information content (AvgIpc) is 2.74. The molecule has 2 heterocycles. The van der Waals surface area contributed by atoms with Gasteiger partial charge in [-0.25, -0.2) is 0 Å². The number of methoxy groups -OCH3 is 1. The van der Waals surface area contributed by atoms with Gasteiger partial charge in [0.05, 0.1) is 13.3 Å². The van der Waals surface area contributed by atoms with Crippen molar-refractivity contribution < 1.29 is 9.47 Å². The molecule has 6 heteroatoms. The molecule has 0 fully saturated rings. The highest BCUT2D eigenvalue weighted by molar-refractivity contribution is 6.31. The fraction of sp³-hybridized carbons (Fsp3) is 0.261. The van der Waals surface area contributed by atoms with Gasteiger partial charge in [0.1, 0.15) is 12.4 Å². The molecule has 1 aliphatic heterocycles. The van der Waals surface area contributed by atoms with Gasteiger partial charge in [-0.3, -0.25) is 9.69 Å². The number of halogens is 1. The van der Waals surface area contributed by atoms with Crippen molar-refractivity contribution >= 4 is 11.6 Å². The van der Waals surface area contributed by atoms with Gasteiger partial charge in [0.25, 0.3) is 0 Å². The Labute approximate surface area is 175 Å². The van der Waals surface area contributed by atoms with Gasteiger partial charge in [0, 0.05) is 43.0 Å². The topological polar surface area (TPSA) is 43.7 Å². The van der Waals surface area contributed by atoms with E-state index in [0.717, 1.165) is 47.2 Å². The van der Waals surface area contributed by atoms with Gasteiger partial charge in [-0.15, -0.1) is 0 Å². The highest BCUT2D eigenvalue weighted by atomic mass is 35.5. The van der Waals surface area contributed by atoms with Crippen molar-refractivity contribution in [1.82, 2.24) is 9.47 Å². The Morgan fingerprint density at radius 1 is 1.07 bits per heavy atom. The summed E-state index contributed by atoms with van der Waals surface area (Å²) in [5.74, 6) is 1.17. The first-order valence-electron chi connectivity index (χ1n) is 9.57. The van der Waals surface area contributed by atoms with Gasteiger partial charge in [-0.2, -0.15) is 0 Å². The van der Waals surface area contributed by atoms with E-state index in [9.17, 15) is 4.79 Å². The predicted molar refractivity (Wildman–Crippen MR) is 114 cm³/mol. The van der Waals surface area contributed by atoms with E-state index in [4.69, 9.17) is 21.1 Å². The van der Waals surface area contributed by atoms with E-state index >= 15 is 0 Å². The molecule has 150 valence electrons. The molecule has 2 aromatic carbocycles. The van der Waals surface area contributed by atoms with Gasteiger partial charge >= 0.3 is 0 Å². The van der Waals surface area contributed by atoms with E-state index in [0.29, 0.717) is 18.9 Å². The minimum Gasteiger partial charge on any atom is -0.497 e. The molecule has 3 aromatic rings. The molecule has 29 heavy (non-hydrogen) atoms. The zero-order valence-corrected chi connectivity index (χ0v) is 17.1. The van der Waals surface area contributed by atoms with Crippen molar-refractivity contribution in [3.63, 3.8) is 0 Å². The Bertz CT molecular complexity index is 1050. The standard InChI is InChI=1S/C23H23ClN2O3/c1-28-20-8-6-17(7-9-20)16-29-23-15-26-11-10-25(14-19(26)12-22(23)27)13-18-4-2-3-5-21(18)24/h2-9,12,15H,10-11,13-14,16H2,1H3. The summed E-state index contributed by atoms with van der Waals surface area (Å²) in [6.45, 7) is 3.51. The first-order valence-corrected chi connectivity index (χ1v) is 9.95. The first-order chi connectivity index (χ1) is 14.1. The van der Waals surface area contributed by atoms with Crippen LogP contribution in [0.5, 0.6) is 11.5 Å². The van der Waals surface area contributed by atoms with Crippen molar-refractivity contribution in [3.8, 4) is 11.5 Å². The molecule has 0 amide bonds. The predicted octanol–water partition coefficient (Wildman–Crippen LogP) is 4.11. The molecule has 5 nitrogen and oxygen atoms in total. The summed E-state index contributed by atoms with van der Waals surface area (Å²) >= 11 is 6.29. The SMILES string of the molecule is COc1ccc(COc2cn3c(cc2=O)CN(Cc2ccccc2Cl)CC3)cc1. The monoisotopic (exact) mass is 410 g/mol. The van der Waals surface area contributed by atoms with E-state index in [2.05, 4.69) is 9.47 Å². The number of ether oxygens (including phenoxy) is 2. The third-order valence-electron chi connectivity index (χ3n) is 5.13. The Morgan fingerprint density at radius 3 is 2.62 bits per heavy atom. The van der Waals surface area contributed by atoms with Crippen molar-refractivity contribution in [2.75, 3.05) is 13.7 Å². The van der Waals surface area contributed by atoms with Crippen LogP contribution in [-0.2, 0) is 26.2 Å². The molecule has 0 radical (unpaired) electrons. The summed E-state index contributed by atoms with van der Waals surface area (Å²) in [6, 6.07) is 17.2. The summed E-state index contributed by atoms with van der Waals surface area (Å²) in [5, 5.41) is 0.776. The van der Waals surface area contributed by atoms with E-state index < -0.39 is 0 Å². The molecular formula is C23H23ClN2O3. The second-order valence-corrected chi connectivity index (χ2v) is 7.53. The second-order valence-electron chi connectivity index (χ2n) is 7.13. The maximum absolute atomic E-state index is 12.5. The summed E-state index contributed by atoms with van der Waals surface area (Å²) in [6.07, 6.45) is 1.83. The molecule has 1 aromatic heterocycles. The number of pyridine rings is 1. The van der Waals surface area contributed by atoms with Crippen molar-refractivity contribution in [1.29, 1.82) is 0 Å². The Hall–Kier alpha value is -2.76. The number of benzene rings is 2. The zero-order chi connectivity index (χ0) is 20.2. The quantitative estimate of drug-likeness (QED) is 0.613. The molecule has 0 N–H and O–H groups in total. The lowest BCUT2D eigenvalue weighted by Crippen LogP contribution is -2.34. The normalized spacial score (nSPS) is 13.7. The van der Waals surface area contributed by atoms with Crippen LogP contribution in [0.25, 0.3) is 0 Å². The van der Waals surface area contributed by atoms with E-state index in [1.54, 1.807) is 13.2 Å². The number of aromatic nitrogens is 1. The minimum atomic E-state index is -0.0932. The summed E-state index contributed by atoms with van der Waals surface area (Å²) in [5.41, 5.74) is 2.98. The summed E-state index contributed by atoms with van der Waals surface area (Å²) in [7, 11) is 1.63. The van der Waals surface area contributed by atoms with Gasteiger partial charge < -0.3 is 14.0 Å². The van der Waals surface area contributed by atoms with Crippen molar-refractivity contribution in [2.45, 2.75) is 26.2 Å². The molecule has 0 saturated heterocycles. The summed E-state index contributed by atoms with van der Waals surface area (Å²) in [4.78, 5) is 14.8. The third kappa shape index (κ3) is 4.63. The zero-order valence-electron chi connectivity index (χ0n) is 16.3. The van der Waals surface area contributed by atoms with Crippen molar-refractivity contribution in [2.24, 2.45) is 0 Å². The van der Waals surface area contributed by atoms with Crippen LogP contribution in [0.1, 0.15) is 16.8 Å². The van der Waals surface area contributed by atoms with Crippen molar-refractivity contribution in [3.05, 3.63) is 92.9 Å². The van der Waals surface area contributed by atoms with Crippen LogP contribution in [0.4, 0.5) is 0 Å². The van der Waals surface area contributed by atoms with Crippen LogP contribution in [0, 0.1) is 0 Å².